The molecule has 0 amide bonds. The van der Waals surface area contributed by atoms with Gasteiger partial charge >= 0.3 is 0 Å². The first-order valence-electron chi connectivity index (χ1n) is 11.3. The molecule has 1 aromatic rings. The van der Waals surface area contributed by atoms with Crippen molar-refractivity contribution in [1.82, 2.24) is 15.1 Å². The Morgan fingerprint density at radius 1 is 1.17 bits per heavy atom. The van der Waals surface area contributed by atoms with Gasteiger partial charge in [0.25, 0.3) is 0 Å². The van der Waals surface area contributed by atoms with Crippen LogP contribution < -0.4 is 5.32 Å². The first kappa shape index (κ1) is 20.6. The Kier molecular flexibility index (Phi) is 7.06. The van der Waals surface area contributed by atoms with Gasteiger partial charge in [0.15, 0.2) is 5.96 Å². The van der Waals surface area contributed by atoms with Crippen LogP contribution in [0.1, 0.15) is 37.3 Å². The monoisotopic (exact) mass is 400 g/mol. The van der Waals surface area contributed by atoms with E-state index < -0.39 is 0 Å². The highest BCUT2D eigenvalue weighted by Crippen LogP contribution is 2.22. The molecule has 1 N–H and O–H groups in total. The van der Waals surface area contributed by atoms with E-state index in [0.29, 0.717) is 6.04 Å². The molecule has 0 bridgehead atoms. The standard InChI is InChI=1S/C23H36N4O2/c1-3-20(26-11-10-18-7-4-5-8-19(18)16-26)15-25-23(24-2)27-12-14-29-22(17-27)21-9-6-13-28-21/h4-5,7-8,20-22H,3,6,9-17H2,1-2H3,(H,24,25). The van der Waals surface area contributed by atoms with Crippen molar-refractivity contribution in [1.29, 1.82) is 0 Å². The van der Waals surface area contributed by atoms with Gasteiger partial charge < -0.3 is 19.7 Å². The maximum atomic E-state index is 6.00. The van der Waals surface area contributed by atoms with Gasteiger partial charge in [-0.2, -0.15) is 0 Å². The van der Waals surface area contributed by atoms with E-state index in [0.717, 1.165) is 77.6 Å². The molecule has 2 saturated heterocycles. The topological polar surface area (TPSA) is 49.3 Å². The average molecular weight is 401 g/mol. The molecule has 6 heteroatoms. The van der Waals surface area contributed by atoms with Gasteiger partial charge in [-0.15, -0.1) is 0 Å². The molecule has 6 nitrogen and oxygen atoms in total. The van der Waals surface area contributed by atoms with Crippen molar-refractivity contribution in [3.05, 3.63) is 35.4 Å². The summed E-state index contributed by atoms with van der Waals surface area (Å²) in [6.45, 7) is 8.75. The van der Waals surface area contributed by atoms with Crippen LogP contribution in [0.4, 0.5) is 0 Å². The lowest BCUT2D eigenvalue weighted by molar-refractivity contribution is -0.0817. The van der Waals surface area contributed by atoms with Gasteiger partial charge in [0, 0.05) is 52.4 Å². The van der Waals surface area contributed by atoms with Crippen LogP contribution >= 0.6 is 0 Å². The van der Waals surface area contributed by atoms with Crippen LogP contribution in [0, 0.1) is 0 Å². The Morgan fingerprint density at radius 2 is 2.00 bits per heavy atom. The third kappa shape index (κ3) is 4.93. The van der Waals surface area contributed by atoms with E-state index in [1.165, 1.54) is 11.1 Å². The van der Waals surface area contributed by atoms with Gasteiger partial charge in [-0.05, 0) is 36.8 Å². The van der Waals surface area contributed by atoms with Crippen LogP contribution in [0.15, 0.2) is 29.3 Å². The Balaban J connectivity index is 1.32. The van der Waals surface area contributed by atoms with Crippen molar-refractivity contribution >= 4 is 5.96 Å². The quantitative estimate of drug-likeness (QED) is 0.607. The van der Waals surface area contributed by atoms with E-state index in [1.807, 2.05) is 7.05 Å². The highest BCUT2D eigenvalue weighted by molar-refractivity contribution is 5.80. The number of hydrogen-bond acceptors (Lipinski definition) is 4. The molecule has 0 saturated carbocycles. The highest BCUT2D eigenvalue weighted by atomic mass is 16.5. The minimum absolute atomic E-state index is 0.158. The summed E-state index contributed by atoms with van der Waals surface area (Å²) in [6.07, 6.45) is 4.94. The summed E-state index contributed by atoms with van der Waals surface area (Å²) in [4.78, 5) is 9.54. The third-order valence-electron chi connectivity index (χ3n) is 6.63. The van der Waals surface area contributed by atoms with Crippen molar-refractivity contribution in [3.8, 4) is 0 Å². The fourth-order valence-electron chi connectivity index (χ4n) is 4.89. The summed E-state index contributed by atoms with van der Waals surface area (Å²) >= 11 is 0. The molecule has 160 valence electrons. The van der Waals surface area contributed by atoms with Crippen molar-refractivity contribution in [2.45, 2.75) is 57.4 Å². The number of nitrogens with one attached hydrogen (secondary N) is 1. The van der Waals surface area contributed by atoms with Gasteiger partial charge in [0.05, 0.1) is 12.7 Å². The second-order valence-corrected chi connectivity index (χ2v) is 8.39. The number of rotatable bonds is 5. The molecule has 4 rings (SSSR count). The summed E-state index contributed by atoms with van der Waals surface area (Å²) in [5, 5.41) is 3.66. The van der Waals surface area contributed by atoms with Gasteiger partial charge in [0.1, 0.15) is 6.10 Å². The molecular weight excluding hydrogens is 364 g/mol. The largest absolute Gasteiger partial charge is 0.375 e. The van der Waals surface area contributed by atoms with Crippen LogP contribution in [-0.2, 0) is 22.4 Å². The molecular formula is C23H36N4O2. The predicted octanol–water partition coefficient (Wildman–Crippen LogP) is 2.28. The molecule has 3 unspecified atom stereocenters. The first-order chi connectivity index (χ1) is 14.3. The van der Waals surface area contributed by atoms with Gasteiger partial charge in [-0.1, -0.05) is 31.2 Å². The zero-order valence-electron chi connectivity index (χ0n) is 18.0. The van der Waals surface area contributed by atoms with Gasteiger partial charge in [-0.25, -0.2) is 0 Å². The molecule has 29 heavy (non-hydrogen) atoms. The zero-order chi connectivity index (χ0) is 20.1. The Morgan fingerprint density at radius 3 is 2.76 bits per heavy atom. The van der Waals surface area contributed by atoms with E-state index in [9.17, 15) is 0 Å². The van der Waals surface area contributed by atoms with Gasteiger partial charge in [0.2, 0.25) is 0 Å². The van der Waals surface area contributed by atoms with E-state index in [-0.39, 0.29) is 12.2 Å². The number of morpholine rings is 1. The smallest absolute Gasteiger partial charge is 0.193 e. The molecule has 3 atom stereocenters. The van der Waals surface area contributed by atoms with Crippen molar-refractivity contribution in [2.75, 3.05) is 46.4 Å². The summed E-state index contributed by atoms with van der Waals surface area (Å²) in [5.41, 5.74) is 2.99. The number of hydrogen-bond donors (Lipinski definition) is 1. The van der Waals surface area contributed by atoms with Crippen LogP contribution in [0.2, 0.25) is 0 Å². The number of ether oxygens (including phenoxy) is 2. The zero-order valence-corrected chi connectivity index (χ0v) is 18.0. The molecule has 0 radical (unpaired) electrons. The summed E-state index contributed by atoms with van der Waals surface area (Å²) in [7, 11) is 1.89. The number of guanidine groups is 1. The number of benzene rings is 1. The van der Waals surface area contributed by atoms with Crippen LogP contribution in [0.3, 0.4) is 0 Å². The first-order valence-corrected chi connectivity index (χ1v) is 11.3. The minimum Gasteiger partial charge on any atom is -0.375 e. The van der Waals surface area contributed by atoms with Gasteiger partial charge in [-0.3, -0.25) is 9.89 Å². The van der Waals surface area contributed by atoms with E-state index in [4.69, 9.17) is 9.47 Å². The van der Waals surface area contributed by atoms with Crippen molar-refractivity contribution in [3.63, 3.8) is 0 Å². The normalized spacial score (nSPS) is 27.0. The molecule has 3 aliphatic rings. The van der Waals surface area contributed by atoms with E-state index >= 15 is 0 Å². The summed E-state index contributed by atoms with van der Waals surface area (Å²) in [5.74, 6) is 0.993. The van der Waals surface area contributed by atoms with Crippen molar-refractivity contribution < 1.29 is 9.47 Å². The number of aliphatic imine (C=N–C) groups is 1. The number of fused-ring (bicyclic) bond motifs is 1. The van der Waals surface area contributed by atoms with E-state index in [2.05, 4.69) is 51.3 Å². The molecule has 0 spiro atoms. The molecule has 1 aromatic carbocycles. The molecule has 0 aliphatic carbocycles. The Hall–Kier alpha value is -1.63. The van der Waals surface area contributed by atoms with Crippen molar-refractivity contribution in [2.24, 2.45) is 4.99 Å². The fraction of sp³-hybridized carbons (Fsp3) is 0.696. The predicted molar refractivity (Wildman–Crippen MR) is 116 cm³/mol. The lowest BCUT2D eigenvalue weighted by Gasteiger charge is -2.39. The average Bonchev–Trinajstić information content (AvgIpc) is 3.32. The molecule has 3 heterocycles. The molecule has 0 aromatic heterocycles. The SMILES string of the molecule is CCC(CNC(=NC)N1CCOC(C2CCCO2)C1)N1CCc2ccccc2C1. The van der Waals surface area contributed by atoms with Crippen LogP contribution in [0.5, 0.6) is 0 Å². The minimum atomic E-state index is 0.158. The maximum absolute atomic E-state index is 6.00. The second-order valence-electron chi connectivity index (χ2n) is 8.39. The number of nitrogens with zero attached hydrogens (tertiary/aromatic N) is 3. The second kappa shape index (κ2) is 9.92. The Bertz CT molecular complexity index is 689. The summed E-state index contributed by atoms with van der Waals surface area (Å²) in [6, 6.07) is 9.38. The Labute approximate surface area is 175 Å². The maximum Gasteiger partial charge on any atom is 0.193 e. The van der Waals surface area contributed by atoms with Crippen LogP contribution in [0.25, 0.3) is 0 Å². The van der Waals surface area contributed by atoms with Crippen LogP contribution in [-0.4, -0.2) is 80.4 Å². The lowest BCUT2D eigenvalue weighted by Crippen LogP contribution is -2.55. The summed E-state index contributed by atoms with van der Waals surface area (Å²) < 4.78 is 11.9. The lowest BCUT2D eigenvalue weighted by atomic mass is 9.98. The fourth-order valence-corrected chi connectivity index (χ4v) is 4.89. The highest BCUT2D eigenvalue weighted by Gasteiger charge is 2.32. The molecule has 3 aliphatic heterocycles. The van der Waals surface area contributed by atoms with E-state index in [1.54, 1.807) is 0 Å². The molecule has 2 fully saturated rings. The third-order valence-corrected chi connectivity index (χ3v) is 6.63.